The van der Waals surface area contributed by atoms with Crippen molar-refractivity contribution in [1.29, 1.82) is 0 Å². The summed E-state index contributed by atoms with van der Waals surface area (Å²) < 4.78 is 29.9. The van der Waals surface area contributed by atoms with E-state index < -0.39 is 10.0 Å². The molecule has 0 radical (unpaired) electrons. The Morgan fingerprint density at radius 2 is 1.48 bits per heavy atom. The van der Waals surface area contributed by atoms with Gasteiger partial charge >= 0.3 is 0 Å². The molecule has 0 fully saturated rings. The molecule has 0 aliphatic carbocycles. The van der Waals surface area contributed by atoms with E-state index in [-0.39, 0.29) is 4.90 Å². The predicted octanol–water partition coefficient (Wildman–Crippen LogP) is 4.86. The second kappa shape index (κ2) is 6.58. The van der Waals surface area contributed by atoms with Gasteiger partial charge in [0.15, 0.2) is 0 Å². The zero-order valence-electron chi connectivity index (χ0n) is 14.2. The number of nitrogens with zero attached hydrogens (tertiary/aromatic N) is 1. The monoisotopic (exact) mass is 374 g/mol. The molecule has 0 bridgehead atoms. The van der Waals surface area contributed by atoms with Crippen LogP contribution in [0.4, 0.5) is 5.69 Å². The van der Waals surface area contributed by atoms with E-state index in [4.69, 9.17) is 11.6 Å². The van der Waals surface area contributed by atoms with Gasteiger partial charge in [-0.2, -0.15) is 0 Å². The Bertz CT molecular complexity index is 1000. The van der Waals surface area contributed by atoms with Gasteiger partial charge in [-0.3, -0.25) is 4.72 Å². The van der Waals surface area contributed by atoms with Crippen LogP contribution in [0.1, 0.15) is 17.0 Å². The summed E-state index contributed by atoms with van der Waals surface area (Å²) >= 11 is 6.06. The van der Waals surface area contributed by atoms with Crippen molar-refractivity contribution in [2.24, 2.45) is 0 Å². The van der Waals surface area contributed by atoms with Crippen molar-refractivity contribution in [3.8, 4) is 5.69 Å². The lowest BCUT2D eigenvalue weighted by Crippen LogP contribution is -2.14. The molecule has 4 nitrogen and oxygen atoms in total. The quantitative estimate of drug-likeness (QED) is 0.709. The van der Waals surface area contributed by atoms with Crippen molar-refractivity contribution < 1.29 is 8.42 Å². The molecule has 3 rings (SSSR count). The average Bonchev–Trinajstić information content (AvgIpc) is 2.91. The van der Waals surface area contributed by atoms with Crippen LogP contribution < -0.4 is 4.72 Å². The van der Waals surface area contributed by atoms with Gasteiger partial charge in [0, 0.05) is 22.1 Å². The van der Waals surface area contributed by atoms with Crippen LogP contribution in [0, 0.1) is 20.8 Å². The first kappa shape index (κ1) is 17.6. The zero-order chi connectivity index (χ0) is 18.2. The molecular weight excluding hydrogens is 356 g/mol. The van der Waals surface area contributed by atoms with Crippen LogP contribution in [0.5, 0.6) is 0 Å². The van der Waals surface area contributed by atoms with Crippen LogP contribution in [-0.2, 0) is 10.0 Å². The lowest BCUT2D eigenvalue weighted by molar-refractivity contribution is 0.601. The highest BCUT2D eigenvalue weighted by Gasteiger charge is 2.16. The second-order valence-electron chi connectivity index (χ2n) is 5.96. The molecule has 25 heavy (non-hydrogen) atoms. The Morgan fingerprint density at radius 3 is 2.08 bits per heavy atom. The SMILES string of the molecule is Cc1c(Cl)cccc1NS(=O)(=O)c1ccc(-n2c(C)ccc2C)cc1. The Balaban J connectivity index is 1.92. The van der Waals surface area contributed by atoms with E-state index in [0.29, 0.717) is 16.3 Å². The van der Waals surface area contributed by atoms with Gasteiger partial charge in [-0.05, 0) is 74.9 Å². The lowest BCUT2D eigenvalue weighted by atomic mass is 10.2. The number of nitrogens with one attached hydrogen (secondary N) is 1. The molecule has 0 aliphatic heterocycles. The number of benzene rings is 2. The summed E-state index contributed by atoms with van der Waals surface area (Å²) in [5, 5.41) is 0.522. The van der Waals surface area contributed by atoms with Crippen LogP contribution in [0.3, 0.4) is 0 Å². The summed E-state index contributed by atoms with van der Waals surface area (Å²) in [6.07, 6.45) is 0. The van der Waals surface area contributed by atoms with E-state index in [1.807, 2.05) is 26.0 Å². The molecule has 0 spiro atoms. The van der Waals surface area contributed by atoms with Crippen LogP contribution in [0.15, 0.2) is 59.5 Å². The van der Waals surface area contributed by atoms with Gasteiger partial charge in [0.2, 0.25) is 0 Å². The van der Waals surface area contributed by atoms with E-state index in [9.17, 15) is 8.42 Å². The first-order valence-corrected chi connectivity index (χ1v) is 9.69. The van der Waals surface area contributed by atoms with E-state index in [2.05, 4.69) is 9.29 Å². The van der Waals surface area contributed by atoms with Gasteiger partial charge in [-0.25, -0.2) is 8.42 Å². The normalized spacial score (nSPS) is 11.5. The third-order valence-electron chi connectivity index (χ3n) is 4.19. The molecule has 0 atom stereocenters. The lowest BCUT2D eigenvalue weighted by Gasteiger charge is -2.13. The fourth-order valence-corrected chi connectivity index (χ4v) is 4.07. The predicted molar refractivity (Wildman–Crippen MR) is 102 cm³/mol. The molecule has 1 heterocycles. The molecule has 130 valence electrons. The van der Waals surface area contributed by atoms with E-state index >= 15 is 0 Å². The van der Waals surface area contributed by atoms with E-state index in [1.165, 1.54) is 0 Å². The first-order chi connectivity index (χ1) is 11.8. The standard InChI is InChI=1S/C19H19ClN2O2S/c1-13-7-8-14(2)22(13)16-9-11-17(12-10-16)25(23,24)21-19-6-4-5-18(20)15(19)3/h4-12,21H,1-3H3. The zero-order valence-corrected chi connectivity index (χ0v) is 15.8. The minimum absolute atomic E-state index is 0.207. The van der Waals surface area contributed by atoms with Crippen LogP contribution >= 0.6 is 11.6 Å². The average molecular weight is 375 g/mol. The van der Waals surface area contributed by atoms with E-state index in [1.54, 1.807) is 49.4 Å². The maximum Gasteiger partial charge on any atom is 0.261 e. The summed E-state index contributed by atoms with van der Waals surface area (Å²) in [7, 11) is -3.68. The minimum Gasteiger partial charge on any atom is -0.319 e. The smallest absolute Gasteiger partial charge is 0.261 e. The summed E-state index contributed by atoms with van der Waals surface area (Å²) in [6.45, 7) is 5.81. The first-order valence-electron chi connectivity index (χ1n) is 7.83. The number of halogens is 1. The largest absolute Gasteiger partial charge is 0.319 e. The summed E-state index contributed by atoms with van der Waals surface area (Å²) in [4.78, 5) is 0.207. The molecule has 0 saturated carbocycles. The molecule has 0 saturated heterocycles. The highest BCUT2D eigenvalue weighted by molar-refractivity contribution is 7.92. The molecule has 1 N–H and O–H groups in total. The van der Waals surface area contributed by atoms with Crippen molar-refractivity contribution in [2.75, 3.05) is 4.72 Å². The Kier molecular flexibility index (Phi) is 4.62. The summed E-state index contributed by atoms with van der Waals surface area (Å²) in [6, 6.07) is 16.0. The molecule has 0 amide bonds. The van der Waals surface area contributed by atoms with Crippen molar-refractivity contribution >= 4 is 27.3 Å². The van der Waals surface area contributed by atoms with Crippen LogP contribution in [0.2, 0.25) is 5.02 Å². The molecule has 3 aromatic rings. The van der Waals surface area contributed by atoms with Gasteiger partial charge in [0.05, 0.1) is 10.6 Å². The van der Waals surface area contributed by atoms with Crippen molar-refractivity contribution in [1.82, 2.24) is 4.57 Å². The second-order valence-corrected chi connectivity index (χ2v) is 8.05. The van der Waals surface area contributed by atoms with Gasteiger partial charge in [-0.1, -0.05) is 17.7 Å². The Labute approximate surface area is 153 Å². The van der Waals surface area contributed by atoms with E-state index in [0.717, 1.165) is 17.1 Å². The number of rotatable bonds is 4. The minimum atomic E-state index is -3.68. The molecule has 2 aromatic carbocycles. The number of aromatic nitrogens is 1. The Hall–Kier alpha value is -2.24. The third kappa shape index (κ3) is 3.43. The number of hydrogen-bond donors (Lipinski definition) is 1. The number of hydrogen-bond acceptors (Lipinski definition) is 2. The maximum atomic E-state index is 12.6. The molecule has 6 heteroatoms. The van der Waals surface area contributed by atoms with Gasteiger partial charge in [0.1, 0.15) is 0 Å². The summed E-state index contributed by atoms with van der Waals surface area (Å²) in [5.41, 5.74) is 4.30. The van der Waals surface area contributed by atoms with Crippen LogP contribution in [-0.4, -0.2) is 13.0 Å². The van der Waals surface area contributed by atoms with Crippen molar-refractivity contribution in [3.63, 3.8) is 0 Å². The van der Waals surface area contributed by atoms with Crippen LogP contribution in [0.25, 0.3) is 5.69 Å². The molecule has 0 unspecified atom stereocenters. The number of anilines is 1. The maximum absolute atomic E-state index is 12.6. The summed E-state index contributed by atoms with van der Waals surface area (Å²) in [5.74, 6) is 0. The van der Waals surface area contributed by atoms with Crippen molar-refractivity contribution in [3.05, 3.63) is 76.6 Å². The van der Waals surface area contributed by atoms with Gasteiger partial charge in [0.25, 0.3) is 10.0 Å². The van der Waals surface area contributed by atoms with Gasteiger partial charge in [-0.15, -0.1) is 0 Å². The highest BCUT2D eigenvalue weighted by Crippen LogP contribution is 2.26. The fraction of sp³-hybridized carbons (Fsp3) is 0.158. The fourth-order valence-electron chi connectivity index (χ4n) is 2.77. The Morgan fingerprint density at radius 1 is 0.880 bits per heavy atom. The molecule has 1 aromatic heterocycles. The number of sulfonamides is 1. The third-order valence-corrected chi connectivity index (χ3v) is 5.98. The van der Waals surface area contributed by atoms with Gasteiger partial charge < -0.3 is 4.57 Å². The van der Waals surface area contributed by atoms with Crippen molar-refractivity contribution in [2.45, 2.75) is 25.7 Å². The highest BCUT2D eigenvalue weighted by atomic mass is 35.5. The molecule has 0 aliphatic rings. The molecular formula is C19H19ClN2O2S. The number of aryl methyl sites for hydroxylation is 2. The topological polar surface area (TPSA) is 51.1 Å².